The Morgan fingerprint density at radius 2 is 0.421 bits per heavy atom. The van der Waals surface area contributed by atoms with E-state index in [4.69, 9.17) is 39.9 Å². The molecule has 8 aliphatic rings. The third-order valence-electron chi connectivity index (χ3n) is 31.9. The summed E-state index contributed by atoms with van der Waals surface area (Å²) in [5.74, 6) is 0. The van der Waals surface area contributed by atoms with E-state index in [9.17, 15) is 0 Å². The Labute approximate surface area is 796 Å². The molecule has 0 spiro atoms. The molecule has 8 aliphatic carbocycles. The van der Waals surface area contributed by atoms with E-state index in [0.717, 1.165) is 163 Å². The fraction of sp³-hybridized carbons (Fsp3) is 0.0645. The van der Waals surface area contributed by atoms with Crippen LogP contribution in [0.5, 0.6) is 0 Å². The molecule has 16 nitrogen and oxygen atoms in total. The third-order valence-corrected chi connectivity index (χ3v) is 31.9. The molecule has 0 N–H and O–H groups in total. The van der Waals surface area contributed by atoms with Gasteiger partial charge in [0, 0.05) is 99.1 Å². The van der Waals surface area contributed by atoms with Gasteiger partial charge in [-0.15, -0.1) is 0 Å². The molecule has 16 heteroatoms. The van der Waals surface area contributed by atoms with Crippen LogP contribution < -0.4 is 0 Å². The number of hydrogen-bond acceptors (Lipinski definition) is 12. The first-order valence-corrected chi connectivity index (χ1v) is 48.2. The normalized spacial score (nSPS) is 13.5. The summed E-state index contributed by atoms with van der Waals surface area (Å²) in [5, 5.41) is 14.3. The van der Waals surface area contributed by atoms with Gasteiger partial charge in [-0.25, -0.2) is 59.8 Å². The summed E-state index contributed by atoms with van der Waals surface area (Å²) in [6.45, 7) is 0. The Morgan fingerprint density at radius 3 is 0.886 bits per heavy atom. The molecule has 0 amide bonds. The average molecular weight is 1790 g/mol. The number of fused-ring (bicyclic) bond motifs is 63. The highest BCUT2D eigenvalue weighted by Gasteiger charge is 2.37. The van der Waals surface area contributed by atoms with Gasteiger partial charge in [0.15, 0.2) is 22.6 Å². The molecule has 28 aromatic rings. The first-order chi connectivity index (χ1) is 69.4. The Kier molecular flexibility index (Phi) is 14.9. The van der Waals surface area contributed by atoms with E-state index in [1.807, 2.05) is 98.1 Å². The van der Waals surface area contributed by atoms with Gasteiger partial charge in [0.05, 0.1) is 22.1 Å². The second-order valence-electron chi connectivity index (χ2n) is 38.6. The Morgan fingerprint density at radius 1 is 0.157 bits per heavy atom. The third kappa shape index (κ3) is 10.1. The van der Waals surface area contributed by atoms with Gasteiger partial charge in [0.1, 0.15) is 45.2 Å². The van der Waals surface area contributed by atoms with E-state index in [1.165, 1.54) is 221 Å². The number of hydrogen-bond donors (Lipinski definition) is 0. The maximum absolute atomic E-state index is 5.05. The first kappa shape index (κ1) is 75.1. The van der Waals surface area contributed by atoms with E-state index < -0.39 is 0 Å². The minimum atomic E-state index is 0.759. The van der Waals surface area contributed by atoms with Gasteiger partial charge in [-0.1, -0.05) is 182 Å². The molecular weight excluding hydrogens is 1710 g/mol. The summed E-state index contributed by atoms with van der Waals surface area (Å²) in [6, 6.07) is 106. The lowest BCUT2D eigenvalue weighted by Gasteiger charge is -2.12. The molecule has 0 radical (unpaired) electrons. The fourth-order valence-electron chi connectivity index (χ4n) is 26.1. The van der Waals surface area contributed by atoms with Crippen LogP contribution in [0.4, 0.5) is 0 Å². The smallest absolute Gasteiger partial charge is 0.178 e. The zero-order chi connectivity index (χ0) is 90.7. The molecule has 16 aromatic heterocycles. The van der Waals surface area contributed by atoms with Crippen LogP contribution in [-0.4, -0.2) is 77.4 Å². The lowest BCUT2D eigenvalue weighted by atomic mass is 9.94. The maximum Gasteiger partial charge on any atom is 0.178 e. The van der Waals surface area contributed by atoms with Crippen molar-refractivity contribution < 1.29 is 0 Å². The summed E-state index contributed by atoms with van der Waals surface area (Å²) in [6.07, 6.45) is 22.4. The Hall–Kier alpha value is -18.3. The molecule has 0 atom stereocenters. The number of pyridine rings is 12. The average Bonchev–Trinajstić information content (AvgIpc) is 1.55. The summed E-state index contributed by atoms with van der Waals surface area (Å²) in [7, 11) is 0. The van der Waals surface area contributed by atoms with Crippen LogP contribution in [0.15, 0.2) is 341 Å². The number of nitrogens with zero attached hydrogens (tertiary/aromatic N) is 16. The van der Waals surface area contributed by atoms with Crippen molar-refractivity contribution in [3.8, 4) is 89.0 Å². The minimum Gasteiger partial charge on any atom is -0.274 e. The van der Waals surface area contributed by atoms with Crippen molar-refractivity contribution in [1.82, 2.24) is 77.4 Å². The maximum atomic E-state index is 5.05. The van der Waals surface area contributed by atoms with Crippen LogP contribution in [0.25, 0.3) is 243 Å². The summed E-state index contributed by atoms with van der Waals surface area (Å²) < 4.78 is 8.79. The second-order valence-corrected chi connectivity index (χ2v) is 38.6. The van der Waals surface area contributed by atoms with Crippen LogP contribution >= 0.6 is 0 Å². The van der Waals surface area contributed by atoms with Crippen LogP contribution in [0, 0.1) is 0 Å². The van der Waals surface area contributed by atoms with E-state index in [-0.39, 0.29) is 0 Å². The first-order valence-electron chi connectivity index (χ1n) is 48.2. The molecule has 16 heterocycles. The van der Waals surface area contributed by atoms with E-state index >= 15 is 0 Å². The summed E-state index contributed by atoms with van der Waals surface area (Å²) in [4.78, 5) is 57.6. The molecule has 0 saturated carbocycles. The summed E-state index contributed by atoms with van der Waals surface area (Å²) in [5.41, 5.74) is 59.3. The van der Waals surface area contributed by atoms with Crippen molar-refractivity contribution in [1.29, 1.82) is 0 Å². The minimum absolute atomic E-state index is 0.759. The second kappa shape index (κ2) is 27.7. The van der Waals surface area contributed by atoms with E-state index in [2.05, 4.69) is 280 Å². The van der Waals surface area contributed by atoms with Gasteiger partial charge in [-0.3, -0.25) is 17.6 Å². The standard InChI is InChI=1S/4C31H18N4/c1-2-6-19-17(5-1)15-24-20(19)10-9-18-16-25-22(27(18)24)12-11-21-23-7-3-14-33-30(23)35-26-8-4-13-32-29(26)34-31(35)28(21)25;1-2-6-19-17(5-1)15-18-9-10-20-21-11-12-22-23-7-3-14-33-30(23)35-26-8-4-13-32-29(26)34-31(35)28(22)25(21)16-24(20)27(18)19;1-2-6-18-17(5-1)15-24-19(18)9-10-20-21-11-12-22-23-7-3-14-33-30(23)35-27-8-4-13-32-29(27)34-31(35)28(22)26(21)16-25(20)24;1-2-6-20-17(5-1)13-18-14-25-19(15-24(18)20)16-26-21(25)9-10-22-23-7-3-12-33-30(23)35-27-8-4-11-32-29(27)34-31(35)28(22)26/h3*1-14H,15-16H2;1-12,14-15H,13,16H2. The van der Waals surface area contributed by atoms with Gasteiger partial charge >= 0.3 is 0 Å². The van der Waals surface area contributed by atoms with Gasteiger partial charge in [0.2, 0.25) is 0 Å². The zero-order valence-corrected chi connectivity index (χ0v) is 75.1. The van der Waals surface area contributed by atoms with Crippen LogP contribution in [0.1, 0.15) is 89.0 Å². The largest absolute Gasteiger partial charge is 0.274 e. The highest BCUT2D eigenvalue weighted by Crippen LogP contribution is 2.56. The van der Waals surface area contributed by atoms with Gasteiger partial charge in [-0.05, 0) is 354 Å². The Bertz CT molecular complexity index is 10600. The quantitative estimate of drug-likeness (QED) is 0.132. The van der Waals surface area contributed by atoms with Crippen molar-refractivity contribution in [3.05, 3.63) is 430 Å². The lowest BCUT2D eigenvalue weighted by Crippen LogP contribution is -1.96. The molecule has 648 valence electrons. The molecule has 36 rings (SSSR count). The molecule has 140 heavy (non-hydrogen) atoms. The van der Waals surface area contributed by atoms with E-state index in [1.54, 1.807) is 0 Å². The highest BCUT2D eigenvalue weighted by molar-refractivity contribution is 6.21. The van der Waals surface area contributed by atoms with Gasteiger partial charge in [0.25, 0.3) is 0 Å². The zero-order valence-electron chi connectivity index (χ0n) is 75.1. The predicted molar refractivity (Wildman–Crippen MR) is 559 cm³/mol. The van der Waals surface area contributed by atoms with Crippen molar-refractivity contribution in [3.63, 3.8) is 0 Å². The predicted octanol–water partition coefficient (Wildman–Crippen LogP) is 26.9. The molecule has 0 unspecified atom stereocenters. The molecule has 0 bridgehead atoms. The Balaban J connectivity index is 0.0000000829. The fourth-order valence-corrected chi connectivity index (χ4v) is 26.1. The van der Waals surface area contributed by atoms with Crippen LogP contribution in [0.2, 0.25) is 0 Å². The summed E-state index contributed by atoms with van der Waals surface area (Å²) >= 11 is 0. The number of aromatic nitrogens is 16. The highest BCUT2D eigenvalue weighted by atomic mass is 15.1. The monoisotopic (exact) mass is 1780 g/mol. The number of rotatable bonds is 0. The van der Waals surface area contributed by atoms with Crippen molar-refractivity contribution in [2.75, 3.05) is 0 Å². The van der Waals surface area contributed by atoms with Gasteiger partial charge < -0.3 is 0 Å². The molecule has 0 fully saturated rings. The number of benzene rings is 12. The van der Waals surface area contributed by atoms with Gasteiger partial charge in [-0.2, -0.15) is 0 Å². The van der Waals surface area contributed by atoms with Crippen LogP contribution in [-0.2, 0) is 51.4 Å². The SMILES string of the molecule is c1ccc2c(c1)Cc1c-2ccc2c1-c1ccc3c4cccnc4n4c5cccnc5nc4c3c1C2.c1ccc2c(c1)Cc1c-2ccc2c1Cc1c-2ccc2c3cccnc3n3c4cccnc4nc3c12.c1ccc2c(c1)Cc1cc3c(cc1-2)Cc1c-3ccc2c3cccnc3n3c4cccnc4nc3c12.c1ccc2c(c1)Cc1ccc3c(c1-2)Cc1c-3ccc2c3cccnc3n3c4cccnc4nc3c12. The lowest BCUT2D eigenvalue weighted by molar-refractivity contribution is 1.17. The molecule has 12 aromatic carbocycles. The molecule has 0 saturated heterocycles. The van der Waals surface area contributed by atoms with Crippen molar-refractivity contribution in [2.45, 2.75) is 51.4 Å². The topological polar surface area (TPSA) is 172 Å². The van der Waals surface area contributed by atoms with Crippen molar-refractivity contribution >= 4 is 154 Å². The van der Waals surface area contributed by atoms with Crippen molar-refractivity contribution in [2.24, 2.45) is 0 Å². The van der Waals surface area contributed by atoms with Crippen LogP contribution in [0.3, 0.4) is 0 Å². The van der Waals surface area contributed by atoms with E-state index in [0.29, 0.717) is 0 Å². The number of imidazole rings is 4. The molecular formula is C124H72N16. The molecule has 0 aliphatic heterocycles.